The fourth-order valence-electron chi connectivity index (χ4n) is 2.07. The molecule has 0 amide bonds. The third-order valence-electron chi connectivity index (χ3n) is 3.00. The first kappa shape index (κ1) is 15.0. The molecule has 0 aromatic carbocycles. The van der Waals surface area contributed by atoms with Gasteiger partial charge >= 0.3 is 0 Å². The molecular weight excluding hydrogens is 298 g/mol. The highest BCUT2D eigenvalue weighted by Crippen LogP contribution is 2.28. The summed E-state index contributed by atoms with van der Waals surface area (Å²) in [5.74, 6) is 0. The van der Waals surface area contributed by atoms with Crippen LogP contribution < -0.4 is 5.32 Å². The molecule has 2 aromatic heterocycles. The fraction of sp³-hybridized carbons (Fsp3) is 0.429. The van der Waals surface area contributed by atoms with Crippen molar-refractivity contribution in [3.8, 4) is 0 Å². The first-order valence-electron chi connectivity index (χ1n) is 6.29. The van der Waals surface area contributed by atoms with Crippen molar-refractivity contribution >= 4 is 34.3 Å². The van der Waals surface area contributed by atoms with Gasteiger partial charge in [-0.25, -0.2) is 0 Å². The third-order valence-corrected chi connectivity index (χ3v) is 5.39. The van der Waals surface area contributed by atoms with Gasteiger partial charge in [-0.1, -0.05) is 17.7 Å². The van der Waals surface area contributed by atoms with Gasteiger partial charge in [0.1, 0.15) is 0 Å². The van der Waals surface area contributed by atoms with Crippen LogP contribution in [-0.2, 0) is 0 Å². The highest BCUT2D eigenvalue weighted by atomic mass is 35.5. The van der Waals surface area contributed by atoms with E-state index >= 15 is 0 Å². The summed E-state index contributed by atoms with van der Waals surface area (Å²) in [5, 5.41) is 15.6. The number of hydrogen-bond acceptors (Lipinski definition) is 4. The van der Waals surface area contributed by atoms with Gasteiger partial charge in [0, 0.05) is 21.8 Å². The Bertz CT molecular complexity index is 497. The topological polar surface area (TPSA) is 32.3 Å². The molecule has 0 aliphatic rings. The van der Waals surface area contributed by atoms with Crippen LogP contribution in [0.2, 0.25) is 4.34 Å². The molecule has 3 unspecified atom stereocenters. The molecule has 0 aliphatic carbocycles. The number of aliphatic hydroxyl groups is 1. The van der Waals surface area contributed by atoms with Crippen molar-refractivity contribution in [1.82, 2.24) is 5.32 Å². The smallest absolute Gasteiger partial charge is 0.0931 e. The molecular formula is C14H18ClNOS2. The average molecular weight is 316 g/mol. The second kappa shape index (κ2) is 6.86. The van der Waals surface area contributed by atoms with Crippen LogP contribution in [0.5, 0.6) is 0 Å². The molecule has 2 N–H and O–H groups in total. The maximum Gasteiger partial charge on any atom is 0.0931 e. The van der Waals surface area contributed by atoms with Gasteiger partial charge in [0.2, 0.25) is 0 Å². The van der Waals surface area contributed by atoms with E-state index in [2.05, 4.69) is 19.2 Å². The van der Waals surface area contributed by atoms with Crippen molar-refractivity contribution in [2.75, 3.05) is 0 Å². The van der Waals surface area contributed by atoms with Crippen molar-refractivity contribution in [2.24, 2.45) is 0 Å². The maximum atomic E-state index is 10.1. The molecule has 5 heteroatoms. The van der Waals surface area contributed by atoms with E-state index < -0.39 is 0 Å². The molecule has 2 aromatic rings. The Balaban J connectivity index is 1.85. The third kappa shape index (κ3) is 4.29. The lowest BCUT2D eigenvalue weighted by Gasteiger charge is -2.21. The highest BCUT2D eigenvalue weighted by Gasteiger charge is 2.16. The summed E-state index contributed by atoms with van der Waals surface area (Å²) in [4.78, 5) is 2.25. The van der Waals surface area contributed by atoms with E-state index in [-0.39, 0.29) is 18.2 Å². The quantitative estimate of drug-likeness (QED) is 0.815. The van der Waals surface area contributed by atoms with Gasteiger partial charge in [-0.3, -0.25) is 0 Å². The minimum absolute atomic E-state index is 0.243. The molecule has 2 heterocycles. The number of rotatable bonds is 6. The van der Waals surface area contributed by atoms with Crippen molar-refractivity contribution in [1.29, 1.82) is 0 Å². The average Bonchev–Trinajstić information content (AvgIpc) is 2.98. The summed E-state index contributed by atoms with van der Waals surface area (Å²) in [7, 11) is 0. The van der Waals surface area contributed by atoms with Gasteiger partial charge in [-0.15, -0.1) is 22.7 Å². The zero-order valence-corrected chi connectivity index (χ0v) is 13.4. The minimum Gasteiger partial charge on any atom is -0.388 e. The molecule has 19 heavy (non-hydrogen) atoms. The largest absolute Gasteiger partial charge is 0.388 e. The van der Waals surface area contributed by atoms with E-state index in [0.29, 0.717) is 6.42 Å². The molecule has 0 saturated carbocycles. The first-order chi connectivity index (χ1) is 9.06. The van der Waals surface area contributed by atoms with Crippen LogP contribution in [0.4, 0.5) is 0 Å². The van der Waals surface area contributed by atoms with E-state index in [1.165, 1.54) is 4.88 Å². The van der Waals surface area contributed by atoms with Crippen LogP contribution >= 0.6 is 34.3 Å². The minimum atomic E-state index is -0.387. The molecule has 104 valence electrons. The predicted molar refractivity (Wildman–Crippen MR) is 84.2 cm³/mol. The SMILES string of the molecule is CC(CC(O)c1cccs1)NC(C)c1ccc(Cl)s1. The summed E-state index contributed by atoms with van der Waals surface area (Å²) in [6, 6.07) is 8.41. The lowest BCUT2D eigenvalue weighted by atomic mass is 10.1. The molecule has 0 saturated heterocycles. The monoisotopic (exact) mass is 315 g/mol. The van der Waals surface area contributed by atoms with Gasteiger partial charge in [0.15, 0.2) is 0 Å². The van der Waals surface area contributed by atoms with Gasteiger partial charge in [-0.2, -0.15) is 0 Å². The molecule has 0 radical (unpaired) electrons. The zero-order valence-electron chi connectivity index (χ0n) is 11.0. The Morgan fingerprint density at radius 2 is 2.05 bits per heavy atom. The predicted octanol–water partition coefficient (Wildman–Crippen LogP) is 4.63. The Morgan fingerprint density at radius 1 is 1.26 bits per heavy atom. The zero-order chi connectivity index (χ0) is 13.8. The second-order valence-corrected chi connectivity index (χ2v) is 7.42. The number of halogens is 1. The van der Waals surface area contributed by atoms with Crippen LogP contribution in [0.25, 0.3) is 0 Å². The Morgan fingerprint density at radius 3 is 2.63 bits per heavy atom. The van der Waals surface area contributed by atoms with Crippen LogP contribution in [0.1, 0.15) is 42.2 Å². The van der Waals surface area contributed by atoms with Gasteiger partial charge in [0.05, 0.1) is 10.4 Å². The lowest BCUT2D eigenvalue weighted by Crippen LogP contribution is -2.29. The van der Waals surface area contributed by atoms with Gasteiger partial charge in [-0.05, 0) is 43.8 Å². The van der Waals surface area contributed by atoms with E-state index in [4.69, 9.17) is 11.6 Å². The Kier molecular flexibility index (Phi) is 5.42. The van der Waals surface area contributed by atoms with Crippen molar-refractivity contribution < 1.29 is 5.11 Å². The number of thiophene rings is 2. The standard InChI is InChI=1S/C14H18ClNOS2/c1-9(8-11(17)13-4-3-7-18-13)16-10(2)12-5-6-14(15)19-12/h3-7,9-11,16-17H,8H2,1-2H3. The number of aliphatic hydroxyl groups excluding tert-OH is 1. The van der Waals surface area contributed by atoms with Crippen LogP contribution in [0, 0.1) is 0 Å². The Hall–Kier alpha value is -0.390. The van der Waals surface area contributed by atoms with Crippen LogP contribution in [0.15, 0.2) is 29.6 Å². The Labute approximate surface area is 127 Å². The van der Waals surface area contributed by atoms with Crippen LogP contribution in [0.3, 0.4) is 0 Å². The highest BCUT2D eigenvalue weighted by molar-refractivity contribution is 7.16. The summed E-state index contributed by atoms with van der Waals surface area (Å²) >= 11 is 9.14. The summed E-state index contributed by atoms with van der Waals surface area (Å²) in [6.07, 6.45) is 0.325. The van der Waals surface area contributed by atoms with Gasteiger partial charge in [0.25, 0.3) is 0 Å². The second-order valence-electron chi connectivity index (χ2n) is 4.70. The molecule has 0 aliphatic heterocycles. The maximum absolute atomic E-state index is 10.1. The molecule has 2 nitrogen and oxygen atoms in total. The molecule has 0 bridgehead atoms. The lowest BCUT2D eigenvalue weighted by molar-refractivity contribution is 0.155. The van der Waals surface area contributed by atoms with Gasteiger partial charge < -0.3 is 10.4 Å². The molecule has 3 atom stereocenters. The first-order valence-corrected chi connectivity index (χ1v) is 8.36. The van der Waals surface area contributed by atoms with Crippen molar-refractivity contribution in [3.63, 3.8) is 0 Å². The molecule has 2 rings (SSSR count). The van der Waals surface area contributed by atoms with Crippen molar-refractivity contribution in [3.05, 3.63) is 43.7 Å². The normalized spacial score (nSPS) is 16.2. The summed E-state index contributed by atoms with van der Waals surface area (Å²) in [6.45, 7) is 4.22. The fourth-order valence-corrected chi connectivity index (χ4v) is 3.87. The van der Waals surface area contributed by atoms with E-state index in [9.17, 15) is 5.11 Å². The van der Waals surface area contributed by atoms with E-state index in [1.54, 1.807) is 22.7 Å². The van der Waals surface area contributed by atoms with Crippen LogP contribution in [-0.4, -0.2) is 11.1 Å². The molecule has 0 spiro atoms. The molecule has 0 fully saturated rings. The summed E-state index contributed by atoms with van der Waals surface area (Å²) < 4.78 is 0.815. The summed E-state index contributed by atoms with van der Waals surface area (Å²) in [5.41, 5.74) is 0. The number of hydrogen-bond donors (Lipinski definition) is 2. The van der Waals surface area contributed by atoms with Crippen molar-refractivity contribution in [2.45, 2.75) is 38.5 Å². The van der Waals surface area contributed by atoms with E-state index in [0.717, 1.165) is 9.21 Å². The number of nitrogens with one attached hydrogen (secondary N) is 1. The van der Waals surface area contributed by atoms with E-state index in [1.807, 2.05) is 29.6 Å².